The summed E-state index contributed by atoms with van der Waals surface area (Å²) < 4.78 is 5.36. The Kier molecular flexibility index (Phi) is 4.79. The summed E-state index contributed by atoms with van der Waals surface area (Å²) >= 11 is 0. The van der Waals surface area contributed by atoms with Crippen LogP contribution < -0.4 is 0 Å². The van der Waals surface area contributed by atoms with Gasteiger partial charge in [-0.15, -0.1) is 0 Å². The van der Waals surface area contributed by atoms with Crippen LogP contribution in [-0.2, 0) is 9.53 Å². The average Bonchev–Trinajstić information content (AvgIpc) is 2.68. The first-order chi connectivity index (χ1) is 8.62. The van der Waals surface area contributed by atoms with Crippen molar-refractivity contribution in [2.75, 3.05) is 26.3 Å². The fourth-order valence-corrected chi connectivity index (χ4v) is 3.24. The van der Waals surface area contributed by atoms with Crippen LogP contribution in [0.15, 0.2) is 0 Å². The second-order valence-electron chi connectivity index (χ2n) is 6.21. The Morgan fingerprint density at radius 2 is 1.61 bits per heavy atom. The van der Waals surface area contributed by atoms with Gasteiger partial charge in [0.1, 0.15) is 0 Å². The van der Waals surface area contributed by atoms with E-state index < -0.39 is 0 Å². The van der Waals surface area contributed by atoms with Gasteiger partial charge in [0.25, 0.3) is 0 Å². The topological polar surface area (TPSA) is 29.5 Å². The lowest BCUT2D eigenvalue weighted by Gasteiger charge is -2.39. The number of Topliss-reactive ketones (excluding diaryl/α,β-unsaturated/α-hetero) is 1. The number of hydrogen-bond acceptors (Lipinski definition) is 3. The molecule has 0 unspecified atom stereocenters. The van der Waals surface area contributed by atoms with Crippen LogP contribution >= 0.6 is 0 Å². The van der Waals surface area contributed by atoms with Crippen molar-refractivity contribution in [1.82, 2.24) is 4.90 Å². The minimum Gasteiger partial charge on any atom is -0.381 e. The molecule has 2 aliphatic rings. The number of ether oxygens (including phenoxy) is 1. The fraction of sp³-hybridized carbons (Fsp3) is 0.933. The van der Waals surface area contributed by atoms with Crippen molar-refractivity contribution in [1.29, 1.82) is 0 Å². The van der Waals surface area contributed by atoms with Gasteiger partial charge < -0.3 is 4.74 Å². The van der Waals surface area contributed by atoms with Crippen molar-refractivity contribution in [2.24, 2.45) is 5.92 Å². The van der Waals surface area contributed by atoms with E-state index in [1.165, 1.54) is 25.7 Å². The standard InChI is InChI=1S/C15H27NO2/c1-15(2,16-9-5-3-4-6-10-16)14(17)13-7-11-18-12-8-13/h13H,3-12H2,1-2H3. The summed E-state index contributed by atoms with van der Waals surface area (Å²) in [5.74, 6) is 0.657. The van der Waals surface area contributed by atoms with Crippen molar-refractivity contribution < 1.29 is 9.53 Å². The van der Waals surface area contributed by atoms with Crippen LogP contribution in [0.4, 0.5) is 0 Å². The molecule has 2 heterocycles. The van der Waals surface area contributed by atoms with Crippen molar-refractivity contribution in [3.05, 3.63) is 0 Å². The van der Waals surface area contributed by atoms with Gasteiger partial charge in [0.05, 0.1) is 5.54 Å². The Balaban J connectivity index is 2.00. The van der Waals surface area contributed by atoms with Crippen LogP contribution in [-0.4, -0.2) is 42.5 Å². The summed E-state index contributed by atoms with van der Waals surface area (Å²) in [4.78, 5) is 15.1. The number of nitrogens with zero attached hydrogens (tertiary/aromatic N) is 1. The Morgan fingerprint density at radius 1 is 1.06 bits per heavy atom. The molecule has 2 saturated heterocycles. The minimum absolute atomic E-state index is 0.219. The molecule has 2 fully saturated rings. The highest BCUT2D eigenvalue weighted by atomic mass is 16.5. The summed E-state index contributed by atoms with van der Waals surface area (Å²) in [6.07, 6.45) is 6.94. The number of ketones is 1. The van der Waals surface area contributed by atoms with Crippen molar-refractivity contribution in [2.45, 2.75) is 57.9 Å². The molecule has 0 N–H and O–H groups in total. The zero-order valence-corrected chi connectivity index (χ0v) is 11.9. The molecule has 0 radical (unpaired) electrons. The van der Waals surface area contributed by atoms with Crippen LogP contribution in [0.1, 0.15) is 52.4 Å². The normalized spacial score (nSPS) is 24.8. The number of likely N-dealkylation sites (tertiary alicyclic amines) is 1. The van der Waals surface area contributed by atoms with Crippen LogP contribution in [0, 0.1) is 5.92 Å². The highest BCUT2D eigenvalue weighted by molar-refractivity contribution is 5.89. The first-order valence-corrected chi connectivity index (χ1v) is 7.49. The zero-order chi connectivity index (χ0) is 13.0. The van der Waals surface area contributed by atoms with Gasteiger partial charge in [0, 0.05) is 19.1 Å². The van der Waals surface area contributed by atoms with E-state index in [1.807, 2.05) is 0 Å². The van der Waals surface area contributed by atoms with Gasteiger partial charge in [-0.2, -0.15) is 0 Å². The number of carbonyl (C=O) groups is 1. The molecular formula is C15H27NO2. The third kappa shape index (κ3) is 3.12. The Bertz CT molecular complexity index is 274. The van der Waals surface area contributed by atoms with Gasteiger partial charge in [-0.3, -0.25) is 9.69 Å². The van der Waals surface area contributed by atoms with Crippen LogP contribution in [0.25, 0.3) is 0 Å². The van der Waals surface area contributed by atoms with Crippen molar-refractivity contribution in [3.8, 4) is 0 Å². The molecule has 2 aliphatic heterocycles. The van der Waals surface area contributed by atoms with E-state index in [9.17, 15) is 4.79 Å². The summed E-state index contributed by atoms with van der Waals surface area (Å²) in [6.45, 7) is 7.93. The second kappa shape index (κ2) is 6.16. The van der Waals surface area contributed by atoms with Crippen molar-refractivity contribution >= 4 is 5.78 Å². The first-order valence-electron chi connectivity index (χ1n) is 7.49. The lowest BCUT2D eigenvalue weighted by molar-refractivity contribution is -0.136. The lowest BCUT2D eigenvalue weighted by atomic mass is 9.83. The third-order valence-electron chi connectivity index (χ3n) is 4.59. The number of hydrogen-bond donors (Lipinski definition) is 0. The van der Waals surface area contributed by atoms with Crippen LogP contribution in [0.3, 0.4) is 0 Å². The molecule has 2 rings (SSSR count). The van der Waals surface area contributed by atoms with Gasteiger partial charge in [-0.25, -0.2) is 0 Å². The van der Waals surface area contributed by atoms with Gasteiger partial charge in [0.15, 0.2) is 5.78 Å². The monoisotopic (exact) mass is 253 g/mol. The fourth-order valence-electron chi connectivity index (χ4n) is 3.24. The van der Waals surface area contributed by atoms with E-state index in [-0.39, 0.29) is 11.5 Å². The molecule has 3 heteroatoms. The third-order valence-corrected chi connectivity index (χ3v) is 4.59. The largest absolute Gasteiger partial charge is 0.381 e. The average molecular weight is 253 g/mol. The summed E-state index contributed by atoms with van der Waals surface area (Å²) in [6, 6.07) is 0. The number of rotatable bonds is 3. The van der Waals surface area contributed by atoms with Crippen molar-refractivity contribution in [3.63, 3.8) is 0 Å². The maximum atomic E-state index is 12.7. The molecule has 0 aromatic rings. The molecule has 0 amide bonds. The molecule has 0 atom stereocenters. The van der Waals surface area contributed by atoms with Gasteiger partial charge in [0.2, 0.25) is 0 Å². The number of carbonyl (C=O) groups excluding carboxylic acids is 1. The Labute approximate surface area is 111 Å². The molecule has 104 valence electrons. The van der Waals surface area contributed by atoms with E-state index >= 15 is 0 Å². The quantitative estimate of drug-likeness (QED) is 0.774. The van der Waals surface area contributed by atoms with Gasteiger partial charge in [-0.05, 0) is 52.6 Å². The van der Waals surface area contributed by atoms with Gasteiger partial charge in [-0.1, -0.05) is 12.8 Å². The summed E-state index contributed by atoms with van der Waals surface area (Å²) in [7, 11) is 0. The maximum Gasteiger partial charge on any atom is 0.155 e. The molecular weight excluding hydrogens is 226 g/mol. The molecule has 18 heavy (non-hydrogen) atoms. The highest BCUT2D eigenvalue weighted by Gasteiger charge is 2.38. The SMILES string of the molecule is CC(C)(C(=O)C1CCOCC1)N1CCCCCC1. The van der Waals surface area contributed by atoms with Crippen LogP contribution in [0.5, 0.6) is 0 Å². The second-order valence-corrected chi connectivity index (χ2v) is 6.21. The maximum absolute atomic E-state index is 12.7. The molecule has 0 bridgehead atoms. The van der Waals surface area contributed by atoms with E-state index in [4.69, 9.17) is 4.74 Å². The molecule has 0 aromatic heterocycles. The Hall–Kier alpha value is -0.410. The Morgan fingerprint density at radius 3 is 2.17 bits per heavy atom. The summed E-state index contributed by atoms with van der Waals surface area (Å²) in [5, 5.41) is 0. The van der Waals surface area contributed by atoms with E-state index in [1.54, 1.807) is 0 Å². The predicted molar refractivity (Wildman–Crippen MR) is 72.7 cm³/mol. The van der Waals surface area contributed by atoms with E-state index in [0.717, 1.165) is 39.1 Å². The molecule has 0 aromatic carbocycles. The van der Waals surface area contributed by atoms with E-state index in [2.05, 4.69) is 18.7 Å². The first kappa shape index (κ1) is 14.0. The predicted octanol–water partition coefficient (Wildman–Crippen LogP) is 2.64. The lowest BCUT2D eigenvalue weighted by Crippen LogP contribution is -2.53. The molecule has 3 nitrogen and oxygen atoms in total. The molecule has 0 spiro atoms. The summed E-state index contributed by atoms with van der Waals surface area (Å²) in [5.41, 5.74) is -0.285. The molecule has 0 saturated carbocycles. The van der Waals surface area contributed by atoms with E-state index in [0.29, 0.717) is 5.78 Å². The van der Waals surface area contributed by atoms with Crippen LogP contribution in [0.2, 0.25) is 0 Å². The smallest absolute Gasteiger partial charge is 0.155 e. The zero-order valence-electron chi connectivity index (χ0n) is 11.9. The highest BCUT2D eigenvalue weighted by Crippen LogP contribution is 2.28. The van der Waals surface area contributed by atoms with Gasteiger partial charge >= 0.3 is 0 Å². The minimum atomic E-state index is -0.285. The molecule has 0 aliphatic carbocycles.